The minimum Gasteiger partial charge on any atom is -0.388 e. The first kappa shape index (κ1) is 14.8. The van der Waals surface area contributed by atoms with Gasteiger partial charge in [0.15, 0.2) is 0 Å². The van der Waals surface area contributed by atoms with Crippen LogP contribution in [0.4, 0.5) is 0 Å². The number of aliphatic hydroxyl groups is 1. The van der Waals surface area contributed by atoms with Crippen molar-refractivity contribution < 1.29 is 9.84 Å². The molecular formula is C16H27NO2. The fourth-order valence-corrected chi connectivity index (χ4v) is 3.92. The molecule has 3 unspecified atom stereocenters. The summed E-state index contributed by atoms with van der Waals surface area (Å²) < 4.78 is 5.53. The zero-order chi connectivity index (χ0) is 13.8. The molecule has 1 saturated carbocycles. The van der Waals surface area contributed by atoms with Crippen LogP contribution in [-0.2, 0) is 4.74 Å². The van der Waals surface area contributed by atoms with E-state index in [1.807, 2.05) is 0 Å². The molecule has 0 aromatic rings. The molecule has 108 valence electrons. The van der Waals surface area contributed by atoms with Gasteiger partial charge in [0.1, 0.15) is 5.41 Å². The maximum Gasteiger partial charge on any atom is 0.109 e. The number of rotatable bonds is 3. The molecule has 0 bridgehead atoms. The second-order valence-electron chi connectivity index (χ2n) is 6.47. The molecule has 0 spiro atoms. The van der Waals surface area contributed by atoms with Gasteiger partial charge in [0.05, 0.1) is 18.3 Å². The average Bonchev–Trinajstić information content (AvgIpc) is 2.63. The monoisotopic (exact) mass is 265 g/mol. The van der Waals surface area contributed by atoms with Crippen LogP contribution in [-0.4, -0.2) is 23.9 Å². The molecular weight excluding hydrogens is 238 g/mol. The van der Waals surface area contributed by atoms with Crippen molar-refractivity contribution >= 4 is 0 Å². The Kier molecular flexibility index (Phi) is 4.86. The molecule has 0 aromatic carbocycles. The Morgan fingerprint density at radius 3 is 2.74 bits per heavy atom. The number of nitriles is 1. The highest BCUT2D eigenvalue weighted by Crippen LogP contribution is 2.47. The predicted molar refractivity (Wildman–Crippen MR) is 74.5 cm³/mol. The fraction of sp³-hybridized carbons (Fsp3) is 0.938. The van der Waals surface area contributed by atoms with E-state index in [-0.39, 0.29) is 0 Å². The van der Waals surface area contributed by atoms with Crippen LogP contribution in [0.3, 0.4) is 0 Å². The van der Waals surface area contributed by atoms with Gasteiger partial charge in [-0.05, 0) is 38.0 Å². The van der Waals surface area contributed by atoms with E-state index in [9.17, 15) is 10.4 Å². The van der Waals surface area contributed by atoms with Crippen LogP contribution in [0.15, 0.2) is 0 Å². The van der Waals surface area contributed by atoms with E-state index >= 15 is 0 Å². The van der Waals surface area contributed by atoms with Crippen LogP contribution < -0.4 is 0 Å². The summed E-state index contributed by atoms with van der Waals surface area (Å²) in [7, 11) is 0. The van der Waals surface area contributed by atoms with E-state index < -0.39 is 11.0 Å². The van der Waals surface area contributed by atoms with Gasteiger partial charge in [0, 0.05) is 6.61 Å². The SMILES string of the molecule is CCCC1CCCC(O)(C2(C#N)CCCOC2)CC1. The molecule has 3 nitrogen and oxygen atoms in total. The van der Waals surface area contributed by atoms with Crippen LogP contribution in [0, 0.1) is 22.7 Å². The lowest BCUT2D eigenvalue weighted by Gasteiger charge is -2.44. The summed E-state index contributed by atoms with van der Waals surface area (Å²) in [5, 5.41) is 20.7. The maximum atomic E-state index is 11.1. The molecule has 0 aromatic heterocycles. The zero-order valence-corrected chi connectivity index (χ0v) is 12.2. The Balaban J connectivity index is 2.10. The molecule has 3 atom stereocenters. The van der Waals surface area contributed by atoms with Crippen molar-refractivity contribution in [3.63, 3.8) is 0 Å². The first-order valence-electron chi connectivity index (χ1n) is 7.87. The molecule has 0 amide bonds. The summed E-state index contributed by atoms with van der Waals surface area (Å²) in [6, 6.07) is 2.43. The Hall–Kier alpha value is -0.590. The fourth-order valence-electron chi connectivity index (χ4n) is 3.92. The molecule has 1 heterocycles. The summed E-state index contributed by atoms with van der Waals surface area (Å²) in [5.74, 6) is 0.735. The molecule has 2 rings (SSSR count). The lowest BCUT2D eigenvalue weighted by Crippen LogP contribution is -2.52. The van der Waals surface area contributed by atoms with Crippen molar-refractivity contribution in [2.45, 2.75) is 70.3 Å². The van der Waals surface area contributed by atoms with Gasteiger partial charge in [-0.15, -0.1) is 0 Å². The summed E-state index contributed by atoms with van der Waals surface area (Å²) in [5.41, 5.74) is -1.49. The van der Waals surface area contributed by atoms with Crippen molar-refractivity contribution in [3.8, 4) is 6.07 Å². The van der Waals surface area contributed by atoms with Crippen molar-refractivity contribution in [1.29, 1.82) is 5.26 Å². The Labute approximate surface area is 117 Å². The summed E-state index contributed by atoms with van der Waals surface area (Å²) in [4.78, 5) is 0. The first-order chi connectivity index (χ1) is 9.16. The molecule has 1 aliphatic carbocycles. The Morgan fingerprint density at radius 2 is 2.11 bits per heavy atom. The molecule has 0 radical (unpaired) electrons. The van der Waals surface area contributed by atoms with Crippen molar-refractivity contribution in [1.82, 2.24) is 0 Å². The van der Waals surface area contributed by atoms with Gasteiger partial charge >= 0.3 is 0 Å². The smallest absolute Gasteiger partial charge is 0.109 e. The Bertz CT molecular complexity index is 330. The van der Waals surface area contributed by atoms with Crippen LogP contribution >= 0.6 is 0 Å². The molecule has 1 N–H and O–H groups in total. The molecule has 1 aliphatic heterocycles. The van der Waals surface area contributed by atoms with Gasteiger partial charge in [0.25, 0.3) is 0 Å². The first-order valence-corrected chi connectivity index (χ1v) is 7.87. The van der Waals surface area contributed by atoms with E-state index in [2.05, 4.69) is 13.0 Å². The van der Waals surface area contributed by atoms with E-state index in [0.29, 0.717) is 6.61 Å². The van der Waals surface area contributed by atoms with Crippen molar-refractivity contribution in [2.24, 2.45) is 11.3 Å². The second-order valence-corrected chi connectivity index (χ2v) is 6.47. The minimum absolute atomic E-state index is 0.415. The van der Waals surface area contributed by atoms with Crippen LogP contribution in [0.5, 0.6) is 0 Å². The van der Waals surface area contributed by atoms with E-state index in [0.717, 1.165) is 51.0 Å². The number of nitrogens with zero attached hydrogens (tertiary/aromatic N) is 1. The number of hydrogen-bond acceptors (Lipinski definition) is 3. The minimum atomic E-state index is -0.829. The third-order valence-corrected chi connectivity index (χ3v) is 5.21. The lowest BCUT2D eigenvalue weighted by atomic mass is 9.66. The van der Waals surface area contributed by atoms with E-state index in [1.165, 1.54) is 19.3 Å². The number of ether oxygens (including phenoxy) is 1. The third-order valence-electron chi connectivity index (χ3n) is 5.21. The van der Waals surface area contributed by atoms with Gasteiger partial charge in [0.2, 0.25) is 0 Å². The van der Waals surface area contributed by atoms with Gasteiger partial charge in [-0.3, -0.25) is 0 Å². The second kappa shape index (κ2) is 6.24. The highest BCUT2D eigenvalue weighted by Gasteiger charge is 2.52. The molecule has 19 heavy (non-hydrogen) atoms. The van der Waals surface area contributed by atoms with Crippen LogP contribution in [0.1, 0.15) is 64.7 Å². The van der Waals surface area contributed by atoms with E-state index in [4.69, 9.17) is 4.74 Å². The largest absolute Gasteiger partial charge is 0.388 e. The van der Waals surface area contributed by atoms with Gasteiger partial charge in [-0.1, -0.05) is 32.6 Å². The van der Waals surface area contributed by atoms with Gasteiger partial charge in [-0.25, -0.2) is 0 Å². The number of hydrogen-bond donors (Lipinski definition) is 1. The molecule has 2 aliphatic rings. The average molecular weight is 265 g/mol. The summed E-state index contributed by atoms with van der Waals surface area (Å²) in [6.45, 7) is 3.37. The standard InChI is InChI=1S/C16H27NO2/c1-2-5-14-6-3-9-16(18,10-7-14)15(12-17)8-4-11-19-13-15/h14,18H,2-11,13H2,1H3. The normalized spacial score (nSPS) is 40.4. The quantitative estimate of drug-likeness (QED) is 0.795. The zero-order valence-electron chi connectivity index (χ0n) is 12.2. The summed E-state index contributed by atoms with van der Waals surface area (Å²) >= 11 is 0. The highest BCUT2D eigenvalue weighted by atomic mass is 16.5. The molecule has 2 fully saturated rings. The summed E-state index contributed by atoms with van der Waals surface area (Å²) in [6.07, 6.45) is 9.02. The maximum absolute atomic E-state index is 11.1. The lowest BCUT2D eigenvalue weighted by molar-refractivity contribution is -0.126. The third kappa shape index (κ3) is 2.95. The van der Waals surface area contributed by atoms with Gasteiger partial charge in [-0.2, -0.15) is 5.26 Å². The van der Waals surface area contributed by atoms with Crippen LogP contribution in [0.2, 0.25) is 0 Å². The Morgan fingerprint density at radius 1 is 1.26 bits per heavy atom. The van der Waals surface area contributed by atoms with Crippen LogP contribution in [0.25, 0.3) is 0 Å². The van der Waals surface area contributed by atoms with E-state index in [1.54, 1.807) is 0 Å². The van der Waals surface area contributed by atoms with Gasteiger partial charge < -0.3 is 9.84 Å². The molecule has 1 saturated heterocycles. The van der Waals surface area contributed by atoms with Crippen molar-refractivity contribution in [2.75, 3.05) is 13.2 Å². The van der Waals surface area contributed by atoms with Crippen molar-refractivity contribution in [3.05, 3.63) is 0 Å². The highest BCUT2D eigenvalue weighted by molar-refractivity contribution is 5.13. The topological polar surface area (TPSA) is 53.2 Å². The molecule has 3 heteroatoms. The predicted octanol–water partition coefficient (Wildman–Crippen LogP) is 3.42.